The van der Waals surface area contributed by atoms with Crippen LogP contribution in [-0.2, 0) is 10.0 Å². The molecule has 8 heteroatoms. The monoisotopic (exact) mass is 407 g/mol. The molecule has 0 radical (unpaired) electrons. The molecule has 2 aliphatic rings. The summed E-state index contributed by atoms with van der Waals surface area (Å²) in [5.74, 6) is -0.199. The summed E-state index contributed by atoms with van der Waals surface area (Å²) in [5.41, 5.74) is 0.375. The maximum atomic E-state index is 12.7. The Morgan fingerprint density at radius 3 is 2.64 bits per heavy atom. The highest BCUT2D eigenvalue weighted by molar-refractivity contribution is 7.90. The van der Waals surface area contributed by atoms with Gasteiger partial charge in [0.1, 0.15) is 4.90 Å². The van der Waals surface area contributed by atoms with Crippen LogP contribution < -0.4 is 5.32 Å². The van der Waals surface area contributed by atoms with Gasteiger partial charge >= 0.3 is 0 Å². The molecule has 1 N–H and O–H groups in total. The number of carbonyl (C=O) groups is 2. The molecule has 0 aromatic heterocycles. The predicted molar refractivity (Wildman–Crippen MR) is 107 cm³/mol. The van der Waals surface area contributed by atoms with Crippen LogP contribution in [0.25, 0.3) is 0 Å². The highest BCUT2D eigenvalue weighted by atomic mass is 32.2. The van der Waals surface area contributed by atoms with Gasteiger partial charge in [0.2, 0.25) is 0 Å². The summed E-state index contributed by atoms with van der Waals surface area (Å²) in [6.45, 7) is 10.3. The van der Waals surface area contributed by atoms with Crippen LogP contribution in [0.2, 0.25) is 0 Å². The van der Waals surface area contributed by atoms with Crippen LogP contribution in [0.5, 0.6) is 0 Å². The summed E-state index contributed by atoms with van der Waals surface area (Å²) < 4.78 is 26.3. The van der Waals surface area contributed by atoms with Crippen LogP contribution in [0, 0.1) is 5.92 Å². The van der Waals surface area contributed by atoms with Gasteiger partial charge in [0, 0.05) is 30.7 Å². The molecule has 1 aromatic carbocycles. The second-order valence-corrected chi connectivity index (χ2v) is 10.1. The van der Waals surface area contributed by atoms with E-state index in [2.05, 4.69) is 17.1 Å². The third-order valence-electron chi connectivity index (χ3n) is 5.33. The molecule has 2 atom stereocenters. The van der Waals surface area contributed by atoms with E-state index in [1.165, 1.54) is 31.0 Å². The molecule has 2 unspecified atom stereocenters. The van der Waals surface area contributed by atoms with Crippen molar-refractivity contribution >= 4 is 21.8 Å². The minimum absolute atomic E-state index is 0.0588. The standard InChI is InChI=1S/C20H29N3O4S/c1-13(2)23-20(25)17-8-7-16(10-18(17)28(23,26)27)19(24)21-15(4)12-22-9-5-6-14(3)11-22/h7-8,10,13-15H,5-6,9,11-12H2,1-4H3,(H,21,24). The lowest BCUT2D eigenvalue weighted by atomic mass is 10.00. The number of hydrogen-bond acceptors (Lipinski definition) is 5. The van der Waals surface area contributed by atoms with E-state index < -0.39 is 22.0 Å². The Bertz CT molecular complexity index is 881. The number of amides is 2. The van der Waals surface area contributed by atoms with Gasteiger partial charge in [-0.05, 0) is 64.3 Å². The molecule has 0 spiro atoms. The molecule has 0 aliphatic carbocycles. The summed E-state index contributed by atoms with van der Waals surface area (Å²) in [5, 5.41) is 2.95. The summed E-state index contributed by atoms with van der Waals surface area (Å²) in [6, 6.07) is 3.73. The lowest BCUT2D eigenvalue weighted by Gasteiger charge is -2.32. The van der Waals surface area contributed by atoms with E-state index in [0.29, 0.717) is 5.92 Å². The first-order valence-corrected chi connectivity index (χ1v) is 11.3. The van der Waals surface area contributed by atoms with Crippen LogP contribution in [0.15, 0.2) is 23.1 Å². The Hall–Kier alpha value is -1.93. The first kappa shape index (κ1) is 20.8. The van der Waals surface area contributed by atoms with Gasteiger partial charge in [-0.2, -0.15) is 0 Å². The van der Waals surface area contributed by atoms with Gasteiger partial charge in [0.05, 0.1) is 5.56 Å². The van der Waals surface area contributed by atoms with Crippen LogP contribution in [0.1, 0.15) is 61.3 Å². The number of piperidine rings is 1. The zero-order valence-electron chi connectivity index (χ0n) is 16.9. The lowest BCUT2D eigenvalue weighted by Crippen LogP contribution is -2.45. The van der Waals surface area contributed by atoms with Crippen LogP contribution in [-0.4, -0.2) is 61.2 Å². The number of hydrogen-bond donors (Lipinski definition) is 1. The van der Waals surface area contributed by atoms with Crippen molar-refractivity contribution in [1.82, 2.24) is 14.5 Å². The average molecular weight is 408 g/mol. The van der Waals surface area contributed by atoms with Crippen LogP contribution in [0.3, 0.4) is 0 Å². The Balaban J connectivity index is 1.73. The van der Waals surface area contributed by atoms with Crippen molar-refractivity contribution in [2.75, 3.05) is 19.6 Å². The lowest BCUT2D eigenvalue weighted by molar-refractivity contribution is 0.0844. The van der Waals surface area contributed by atoms with Crippen molar-refractivity contribution in [3.8, 4) is 0 Å². The highest BCUT2D eigenvalue weighted by Crippen LogP contribution is 2.32. The third-order valence-corrected chi connectivity index (χ3v) is 7.33. The van der Waals surface area contributed by atoms with Crippen molar-refractivity contribution in [2.45, 2.75) is 57.5 Å². The van der Waals surface area contributed by atoms with Crippen LogP contribution >= 0.6 is 0 Å². The fourth-order valence-corrected chi connectivity index (χ4v) is 5.88. The summed E-state index contributed by atoms with van der Waals surface area (Å²) in [4.78, 5) is 27.3. The van der Waals surface area contributed by atoms with E-state index in [-0.39, 0.29) is 28.0 Å². The van der Waals surface area contributed by atoms with E-state index in [1.54, 1.807) is 13.8 Å². The molecule has 1 saturated heterocycles. The molecule has 2 amide bonds. The van der Waals surface area contributed by atoms with Gasteiger partial charge in [-0.25, -0.2) is 12.7 Å². The number of carbonyl (C=O) groups excluding carboxylic acids is 2. The zero-order valence-corrected chi connectivity index (χ0v) is 17.8. The van der Waals surface area contributed by atoms with Crippen molar-refractivity contribution < 1.29 is 18.0 Å². The average Bonchev–Trinajstić information content (AvgIpc) is 2.80. The quantitative estimate of drug-likeness (QED) is 0.808. The molecule has 0 bridgehead atoms. The Morgan fingerprint density at radius 1 is 1.29 bits per heavy atom. The smallest absolute Gasteiger partial charge is 0.269 e. The molecule has 154 valence electrons. The number of nitrogens with one attached hydrogen (secondary N) is 1. The molecular weight excluding hydrogens is 378 g/mol. The maximum absolute atomic E-state index is 12.7. The van der Waals surface area contributed by atoms with E-state index >= 15 is 0 Å². The molecule has 1 aromatic rings. The SMILES string of the molecule is CC1CCCN(CC(C)NC(=O)c2ccc3c(c2)S(=O)(=O)N(C(C)C)C3=O)C1. The van der Waals surface area contributed by atoms with Crippen molar-refractivity contribution in [2.24, 2.45) is 5.92 Å². The molecular formula is C20H29N3O4S. The molecule has 3 rings (SSSR count). The molecule has 7 nitrogen and oxygen atoms in total. The van der Waals surface area contributed by atoms with Gasteiger partial charge in [-0.3, -0.25) is 9.59 Å². The first-order valence-electron chi connectivity index (χ1n) is 9.87. The predicted octanol–water partition coefficient (Wildman–Crippen LogP) is 2.09. The van der Waals surface area contributed by atoms with Gasteiger partial charge in [0.15, 0.2) is 0 Å². The second-order valence-electron chi connectivity index (χ2n) is 8.29. The molecule has 1 fully saturated rings. The van der Waals surface area contributed by atoms with Gasteiger partial charge in [-0.1, -0.05) is 6.92 Å². The van der Waals surface area contributed by atoms with Crippen molar-refractivity contribution in [3.05, 3.63) is 29.3 Å². The highest BCUT2D eigenvalue weighted by Gasteiger charge is 2.43. The minimum atomic E-state index is -3.91. The fourth-order valence-electron chi connectivity index (χ4n) is 4.09. The number of benzene rings is 1. The Labute approximate surface area is 167 Å². The van der Waals surface area contributed by atoms with E-state index in [0.717, 1.165) is 23.9 Å². The second kappa shape index (κ2) is 7.83. The summed E-state index contributed by atoms with van der Waals surface area (Å²) in [7, 11) is -3.91. The summed E-state index contributed by atoms with van der Waals surface area (Å²) >= 11 is 0. The molecule has 2 aliphatic heterocycles. The topological polar surface area (TPSA) is 86.8 Å². The maximum Gasteiger partial charge on any atom is 0.269 e. The normalized spacial score (nSPS) is 23.0. The van der Waals surface area contributed by atoms with Gasteiger partial charge in [0.25, 0.3) is 21.8 Å². The van der Waals surface area contributed by atoms with Crippen molar-refractivity contribution in [3.63, 3.8) is 0 Å². The van der Waals surface area contributed by atoms with Gasteiger partial charge < -0.3 is 10.2 Å². The third kappa shape index (κ3) is 3.93. The Morgan fingerprint density at radius 2 is 2.00 bits per heavy atom. The zero-order chi connectivity index (χ0) is 20.6. The molecule has 28 heavy (non-hydrogen) atoms. The number of likely N-dealkylation sites (tertiary alicyclic amines) is 1. The summed E-state index contributed by atoms with van der Waals surface area (Å²) in [6.07, 6.45) is 2.41. The number of fused-ring (bicyclic) bond motifs is 1. The van der Waals surface area contributed by atoms with E-state index in [1.807, 2.05) is 6.92 Å². The fraction of sp³-hybridized carbons (Fsp3) is 0.600. The first-order chi connectivity index (χ1) is 13.1. The van der Waals surface area contributed by atoms with Crippen molar-refractivity contribution in [1.29, 1.82) is 0 Å². The number of sulfonamides is 1. The minimum Gasteiger partial charge on any atom is -0.348 e. The number of nitrogens with zero attached hydrogens (tertiary/aromatic N) is 2. The van der Waals surface area contributed by atoms with Crippen LogP contribution in [0.4, 0.5) is 0 Å². The van der Waals surface area contributed by atoms with E-state index in [4.69, 9.17) is 0 Å². The Kier molecular flexibility index (Phi) is 5.82. The van der Waals surface area contributed by atoms with E-state index in [9.17, 15) is 18.0 Å². The molecule has 2 heterocycles. The van der Waals surface area contributed by atoms with Gasteiger partial charge in [-0.15, -0.1) is 0 Å². The molecule has 0 saturated carbocycles. The largest absolute Gasteiger partial charge is 0.348 e. The number of rotatable bonds is 5.